The minimum Gasteiger partial charge on any atom is -0.490 e. The van der Waals surface area contributed by atoms with Crippen LogP contribution in [0.2, 0.25) is 5.02 Å². The van der Waals surface area contributed by atoms with Crippen molar-refractivity contribution in [3.8, 4) is 11.5 Å². The molecule has 3 aromatic carbocycles. The molecule has 0 saturated carbocycles. The summed E-state index contributed by atoms with van der Waals surface area (Å²) >= 11 is 6.22. The molecule has 0 aliphatic rings. The molecule has 3 rings (SSSR count). The highest BCUT2D eigenvalue weighted by Gasteiger charge is 2.25. The molecule has 1 atom stereocenters. The van der Waals surface area contributed by atoms with E-state index in [0.717, 1.165) is 23.1 Å². The summed E-state index contributed by atoms with van der Waals surface area (Å²) in [4.78, 5) is 12.7. The number of ether oxygens (including phenoxy) is 2. The molecule has 0 fully saturated rings. The number of carbonyl (C=O) groups is 1. The van der Waals surface area contributed by atoms with Gasteiger partial charge >= 0.3 is 16.3 Å². The van der Waals surface area contributed by atoms with Gasteiger partial charge < -0.3 is 20.9 Å². The van der Waals surface area contributed by atoms with Gasteiger partial charge in [0.25, 0.3) is 0 Å². The van der Waals surface area contributed by atoms with Gasteiger partial charge in [-0.2, -0.15) is 8.42 Å². The number of hydrogen-bond donors (Lipinski definition) is 3. The summed E-state index contributed by atoms with van der Waals surface area (Å²) in [6, 6.07) is 15.2. The zero-order valence-electron chi connectivity index (χ0n) is 19.1. The van der Waals surface area contributed by atoms with E-state index in [4.69, 9.17) is 38.0 Å². The van der Waals surface area contributed by atoms with Crippen molar-refractivity contribution in [3.05, 3.63) is 77.3 Å². The number of benzene rings is 3. The third-order valence-corrected chi connectivity index (χ3v) is 6.23. The van der Waals surface area contributed by atoms with Crippen LogP contribution >= 0.6 is 11.6 Å². The lowest BCUT2D eigenvalue weighted by atomic mass is 10.2. The number of nitrogen functional groups attached to an aromatic ring is 1. The Labute approximate surface area is 213 Å². The highest BCUT2D eigenvalue weighted by molar-refractivity contribution is 7.86. The average Bonchev–Trinajstić information content (AvgIpc) is 2.83. The van der Waals surface area contributed by atoms with E-state index in [9.17, 15) is 17.1 Å². The van der Waals surface area contributed by atoms with Gasteiger partial charge in [-0.25, -0.2) is 4.79 Å². The molecule has 3 aromatic rings. The standard InChI is InChI=1S/C24H24ClFN4O5S/c1-2-16(14-34-17-7-5-6-15(12-17)23(27)28)35-22-9-4-3-8-20(22)30(24(29)31)21-13-18(36(26,32)33)10-11-19(21)25/h3-13,16H,2,14H2,1H3,(H3,27,28)(H2,29,31). The second-order valence-electron chi connectivity index (χ2n) is 7.59. The first-order chi connectivity index (χ1) is 17.0. The second kappa shape index (κ2) is 11.3. The molecule has 12 heteroatoms. The Kier molecular flexibility index (Phi) is 8.38. The van der Waals surface area contributed by atoms with Crippen LogP contribution < -0.4 is 25.8 Å². The second-order valence-corrected chi connectivity index (χ2v) is 9.35. The van der Waals surface area contributed by atoms with Crippen molar-refractivity contribution < 1.29 is 26.6 Å². The fraction of sp³-hybridized carbons (Fsp3) is 0.167. The van der Waals surface area contributed by atoms with Gasteiger partial charge in [0.05, 0.1) is 16.4 Å². The quantitative estimate of drug-likeness (QED) is 0.194. The van der Waals surface area contributed by atoms with Gasteiger partial charge in [-0.1, -0.05) is 42.8 Å². The number of nitrogens with zero attached hydrogens (tertiary/aromatic N) is 1. The highest BCUT2D eigenvalue weighted by Crippen LogP contribution is 2.39. The molecule has 2 amide bonds. The smallest absolute Gasteiger partial charge is 0.332 e. The SMILES string of the molecule is CCC(COc1cccc(C(=N)N)c1)Oc1ccccc1N(C(N)=O)c1cc(S(=O)(=O)F)ccc1Cl. The van der Waals surface area contributed by atoms with Crippen LogP contribution in [-0.4, -0.2) is 33.0 Å². The van der Waals surface area contributed by atoms with Crippen LogP contribution in [0.3, 0.4) is 0 Å². The van der Waals surface area contributed by atoms with E-state index in [0.29, 0.717) is 17.7 Å². The van der Waals surface area contributed by atoms with Crippen molar-refractivity contribution in [1.82, 2.24) is 0 Å². The zero-order chi connectivity index (χ0) is 26.5. The predicted octanol–water partition coefficient (Wildman–Crippen LogP) is 4.74. The molecule has 36 heavy (non-hydrogen) atoms. The predicted molar refractivity (Wildman–Crippen MR) is 136 cm³/mol. The normalized spacial score (nSPS) is 12.0. The monoisotopic (exact) mass is 534 g/mol. The Bertz CT molecular complexity index is 1390. The van der Waals surface area contributed by atoms with Crippen LogP contribution in [0.5, 0.6) is 11.5 Å². The average molecular weight is 535 g/mol. The number of urea groups is 1. The minimum atomic E-state index is -5.07. The van der Waals surface area contributed by atoms with E-state index in [1.165, 1.54) is 6.07 Å². The molecule has 0 heterocycles. The third kappa shape index (κ3) is 6.43. The lowest BCUT2D eigenvalue weighted by molar-refractivity contribution is 0.125. The Morgan fingerprint density at radius 2 is 1.81 bits per heavy atom. The third-order valence-electron chi connectivity index (χ3n) is 5.10. The highest BCUT2D eigenvalue weighted by atomic mass is 35.5. The number of rotatable bonds is 10. The maximum Gasteiger partial charge on any atom is 0.332 e. The first-order valence-electron chi connectivity index (χ1n) is 10.7. The summed E-state index contributed by atoms with van der Waals surface area (Å²) in [5.74, 6) is 0.633. The molecule has 190 valence electrons. The molecule has 0 saturated heterocycles. The van der Waals surface area contributed by atoms with Crippen molar-refractivity contribution in [2.75, 3.05) is 11.5 Å². The summed E-state index contributed by atoms with van der Waals surface area (Å²) < 4.78 is 48.4. The molecule has 9 nitrogen and oxygen atoms in total. The van der Waals surface area contributed by atoms with Crippen LogP contribution in [0.1, 0.15) is 18.9 Å². The van der Waals surface area contributed by atoms with Gasteiger partial charge in [-0.05, 0) is 48.9 Å². The molecular formula is C24H24ClFN4O5S. The molecule has 0 aromatic heterocycles. The number of anilines is 2. The number of nitrogens with two attached hydrogens (primary N) is 2. The van der Waals surface area contributed by atoms with Gasteiger partial charge in [0, 0.05) is 5.56 Å². The van der Waals surface area contributed by atoms with Crippen LogP contribution in [0.25, 0.3) is 0 Å². The van der Waals surface area contributed by atoms with Crippen LogP contribution in [0, 0.1) is 5.41 Å². The maximum absolute atomic E-state index is 13.6. The first-order valence-corrected chi connectivity index (χ1v) is 12.4. The molecule has 0 bridgehead atoms. The topological polar surface area (TPSA) is 149 Å². The van der Waals surface area contributed by atoms with E-state index < -0.39 is 27.3 Å². The fourth-order valence-electron chi connectivity index (χ4n) is 3.28. The van der Waals surface area contributed by atoms with Crippen molar-refractivity contribution in [2.45, 2.75) is 24.3 Å². The number of hydrogen-bond acceptors (Lipinski definition) is 6. The summed E-state index contributed by atoms with van der Waals surface area (Å²) in [5, 5.41) is 7.53. The molecular weight excluding hydrogens is 511 g/mol. The van der Waals surface area contributed by atoms with Gasteiger partial charge in [0.1, 0.15) is 34.9 Å². The largest absolute Gasteiger partial charge is 0.490 e. The van der Waals surface area contributed by atoms with E-state index in [-0.39, 0.29) is 34.6 Å². The van der Waals surface area contributed by atoms with Gasteiger partial charge in [-0.15, -0.1) is 3.89 Å². The first kappa shape index (κ1) is 26.8. The molecule has 0 spiro atoms. The van der Waals surface area contributed by atoms with Crippen molar-refractivity contribution in [2.24, 2.45) is 11.5 Å². The number of amidine groups is 1. The summed E-state index contributed by atoms with van der Waals surface area (Å²) in [7, 11) is -5.07. The molecule has 0 radical (unpaired) electrons. The van der Waals surface area contributed by atoms with Gasteiger partial charge in [0.2, 0.25) is 0 Å². The van der Waals surface area contributed by atoms with Crippen molar-refractivity contribution in [1.29, 1.82) is 5.41 Å². The Hall–Kier alpha value is -3.83. The number of halogens is 2. The van der Waals surface area contributed by atoms with Crippen LogP contribution in [-0.2, 0) is 10.2 Å². The lowest BCUT2D eigenvalue weighted by Crippen LogP contribution is -2.33. The van der Waals surface area contributed by atoms with Gasteiger partial charge in [0.15, 0.2) is 0 Å². The molecule has 5 N–H and O–H groups in total. The maximum atomic E-state index is 13.6. The summed E-state index contributed by atoms with van der Waals surface area (Å²) in [6.45, 7) is 2.00. The van der Waals surface area contributed by atoms with Crippen LogP contribution in [0.15, 0.2) is 71.6 Å². The van der Waals surface area contributed by atoms with Gasteiger partial charge in [-0.3, -0.25) is 10.3 Å². The Morgan fingerprint density at radius 1 is 1.08 bits per heavy atom. The van der Waals surface area contributed by atoms with Crippen LogP contribution in [0.4, 0.5) is 20.1 Å². The number of nitrogens with one attached hydrogen (secondary N) is 1. The van der Waals surface area contributed by atoms with E-state index in [2.05, 4.69) is 0 Å². The van der Waals surface area contributed by atoms with E-state index in [1.807, 2.05) is 6.92 Å². The zero-order valence-corrected chi connectivity index (χ0v) is 20.7. The number of carbonyl (C=O) groups excluding carboxylic acids is 1. The van der Waals surface area contributed by atoms with E-state index in [1.54, 1.807) is 42.5 Å². The lowest BCUT2D eigenvalue weighted by Gasteiger charge is -2.26. The number of primary amides is 1. The molecule has 1 unspecified atom stereocenters. The molecule has 0 aliphatic carbocycles. The number of amides is 2. The van der Waals surface area contributed by atoms with Crippen molar-refractivity contribution in [3.63, 3.8) is 0 Å². The van der Waals surface area contributed by atoms with Crippen molar-refractivity contribution >= 4 is 45.1 Å². The Balaban J connectivity index is 1.91. The minimum absolute atomic E-state index is 0.0308. The molecule has 0 aliphatic heterocycles. The Morgan fingerprint density at radius 3 is 2.44 bits per heavy atom. The number of para-hydroxylation sites is 2. The summed E-state index contributed by atoms with van der Waals surface area (Å²) in [5.41, 5.74) is 11.7. The van der Waals surface area contributed by atoms with E-state index >= 15 is 0 Å². The fourth-order valence-corrected chi connectivity index (χ4v) is 3.97. The summed E-state index contributed by atoms with van der Waals surface area (Å²) in [6.07, 6.45) is 0.0445.